The molecule has 1 rings (SSSR count). The van der Waals surface area contributed by atoms with Crippen LogP contribution in [0.1, 0.15) is 40.0 Å². The highest BCUT2D eigenvalue weighted by Crippen LogP contribution is 2.21. The summed E-state index contributed by atoms with van der Waals surface area (Å²) in [7, 11) is 0. The highest BCUT2D eigenvalue weighted by atomic mass is 16.6. The van der Waals surface area contributed by atoms with E-state index in [0.717, 1.165) is 32.4 Å². The van der Waals surface area contributed by atoms with E-state index in [1.807, 2.05) is 20.8 Å². The lowest BCUT2D eigenvalue weighted by Crippen LogP contribution is -2.43. The van der Waals surface area contributed by atoms with Crippen molar-refractivity contribution in [3.8, 4) is 0 Å². The van der Waals surface area contributed by atoms with Gasteiger partial charge in [0.1, 0.15) is 5.60 Å². The third kappa shape index (κ3) is 4.39. The molecule has 1 heterocycles. The van der Waals surface area contributed by atoms with Crippen molar-refractivity contribution in [3.63, 3.8) is 0 Å². The number of aliphatic hydroxyl groups excluding tert-OH is 1. The maximum Gasteiger partial charge on any atom is 0.410 e. The Bertz CT molecular complexity index is 233. The van der Waals surface area contributed by atoms with E-state index in [-0.39, 0.29) is 12.7 Å². The first-order valence-electron chi connectivity index (χ1n) is 6.01. The fourth-order valence-corrected chi connectivity index (χ4v) is 1.98. The van der Waals surface area contributed by atoms with E-state index in [9.17, 15) is 4.79 Å². The number of nitrogens with zero attached hydrogens (tertiary/aromatic N) is 1. The average Bonchev–Trinajstić information content (AvgIpc) is 2.16. The number of hydrogen-bond acceptors (Lipinski definition) is 3. The van der Waals surface area contributed by atoms with Crippen LogP contribution < -0.4 is 0 Å². The summed E-state index contributed by atoms with van der Waals surface area (Å²) in [6.45, 7) is 7.32. The summed E-state index contributed by atoms with van der Waals surface area (Å²) in [6.07, 6.45) is 2.65. The minimum atomic E-state index is -0.430. The van der Waals surface area contributed by atoms with Gasteiger partial charge in [0, 0.05) is 19.7 Å². The van der Waals surface area contributed by atoms with Gasteiger partial charge in [-0.3, -0.25) is 0 Å². The first-order valence-corrected chi connectivity index (χ1v) is 6.01. The highest BCUT2D eigenvalue weighted by Gasteiger charge is 2.27. The molecular formula is C12H23NO3. The van der Waals surface area contributed by atoms with Crippen molar-refractivity contribution < 1.29 is 14.6 Å². The highest BCUT2D eigenvalue weighted by molar-refractivity contribution is 5.68. The van der Waals surface area contributed by atoms with Gasteiger partial charge in [-0.1, -0.05) is 0 Å². The Morgan fingerprint density at radius 1 is 1.50 bits per heavy atom. The van der Waals surface area contributed by atoms with Crippen molar-refractivity contribution in [1.82, 2.24) is 4.90 Å². The summed E-state index contributed by atoms with van der Waals surface area (Å²) in [5.74, 6) is 0.422. The number of carbonyl (C=O) groups is 1. The summed E-state index contributed by atoms with van der Waals surface area (Å²) in [6, 6.07) is 0. The molecule has 1 N–H and O–H groups in total. The smallest absolute Gasteiger partial charge is 0.410 e. The van der Waals surface area contributed by atoms with E-state index in [4.69, 9.17) is 9.84 Å². The zero-order valence-corrected chi connectivity index (χ0v) is 10.5. The number of amides is 1. The minimum Gasteiger partial charge on any atom is -0.444 e. The molecule has 0 aromatic carbocycles. The molecule has 0 aromatic heterocycles. The molecule has 0 unspecified atom stereocenters. The van der Waals surface area contributed by atoms with Gasteiger partial charge in [-0.05, 0) is 46.0 Å². The molecule has 4 heteroatoms. The van der Waals surface area contributed by atoms with Gasteiger partial charge in [-0.25, -0.2) is 4.79 Å². The lowest BCUT2D eigenvalue weighted by molar-refractivity contribution is 0.0152. The van der Waals surface area contributed by atoms with Crippen LogP contribution in [0.3, 0.4) is 0 Å². The Hall–Kier alpha value is -0.770. The van der Waals surface area contributed by atoms with Crippen molar-refractivity contribution >= 4 is 6.09 Å². The molecule has 0 radical (unpaired) electrons. The normalized spacial score (nSPS) is 22.0. The molecule has 0 saturated carbocycles. The van der Waals surface area contributed by atoms with Crippen LogP contribution in [0.4, 0.5) is 4.79 Å². The van der Waals surface area contributed by atoms with Gasteiger partial charge >= 0.3 is 6.09 Å². The maximum atomic E-state index is 11.8. The first kappa shape index (κ1) is 13.3. The van der Waals surface area contributed by atoms with Gasteiger partial charge in [-0.2, -0.15) is 0 Å². The standard InChI is InChI=1S/C12H23NO3/c1-12(2,3)16-11(15)13-7-4-5-10(9-13)6-8-14/h10,14H,4-9H2,1-3H3/t10-/m1/s1. The van der Waals surface area contributed by atoms with Gasteiger partial charge in [0.2, 0.25) is 0 Å². The Balaban J connectivity index is 2.44. The topological polar surface area (TPSA) is 49.8 Å². The van der Waals surface area contributed by atoms with Crippen LogP contribution in [0, 0.1) is 5.92 Å². The second kappa shape index (κ2) is 5.53. The summed E-state index contributed by atoms with van der Waals surface area (Å²) >= 11 is 0. The molecule has 94 valence electrons. The van der Waals surface area contributed by atoms with E-state index >= 15 is 0 Å². The van der Waals surface area contributed by atoms with Gasteiger partial charge in [0.25, 0.3) is 0 Å². The van der Waals surface area contributed by atoms with Crippen LogP contribution in [0.25, 0.3) is 0 Å². The molecule has 0 aromatic rings. The van der Waals surface area contributed by atoms with Crippen LogP contribution in [-0.2, 0) is 4.74 Å². The van der Waals surface area contributed by atoms with Crippen molar-refractivity contribution in [3.05, 3.63) is 0 Å². The van der Waals surface area contributed by atoms with E-state index in [2.05, 4.69) is 0 Å². The number of carbonyl (C=O) groups excluding carboxylic acids is 1. The molecule has 0 aliphatic carbocycles. The lowest BCUT2D eigenvalue weighted by atomic mass is 9.95. The molecule has 4 nitrogen and oxygen atoms in total. The number of hydrogen-bond donors (Lipinski definition) is 1. The van der Waals surface area contributed by atoms with Gasteiger partial charge in [-0.15, -0.1) is 0 Å². The van der Waals surface area contributed by atoms with Crippen molar-refractivity contribution in [2.45, 2.75) is 45.6 Å². The molecule has 0 bridgehead atoms. The fraction of sp³-hybridized carbons (Fsp3) is 0.917. The molecule has 1 saturated heterocycles. The van der Waals surface area contributed by atoms with Gasteiger partial charge < -0.3 is 14.7 Å². The van der Waals surface area contributed by atoms with Crippen LogP contribution in [0.15, 0.2) is 0 Å². The largest absolute Gasteiger partial charge is 0.444 e. The number of aliphatic hydroxyl groups is 1. The summed E-state index contributed by atoms with van der Waals surface area (Å²) in [5.41, 5.74) is -0.430. The predicted octanol–water partition coefficient (Wildman–Crippen LogP) is 2.02. The number of likely N-dealkylation sites (tertiary alicyclic amines) is 1. The molecule has 1 atom stereocenters. The Morgan fingerprint density at radius 2 is 2.19 bits per heavy atom. The average molecular weight is 229 g/mol. The van der Waals surface area contributed by atoms with E-state index in [1.165, 1.54) is 0 Å². The Morgan fingerprint density at radius 3 is 2.75 bits per heavy atom. The van der Waals surface area contributed by atoms with Crippen molar-refractivity contribution in [1.29, 1.82) is 0 Å². The SMILES string of the molecule is CC(C)(C)OC(=O)N1CCC[C@H](CCO)C1. The lowest BCUT2D eigenvalue weighted by Gasteiger charge is -2.33. The van der Waals surface area contributed by atoms with Crippen molar-refractivity contribution in [2.75, 3.05) is 19.7 Å². The zero-order chi connectivity index (χ0) is 12.2. The monoisotopic (exact) mass is 229 g/mol. The molecule has 1 aliphatic heterocycles. The maximum absolute atomic E-state index is 11.8. The molecule has 1 aliphatic rings. The zero-order valence-electron chi connectivity index (χ0n) is 10.5. The quantitative estimate of drug-likeness (QED) is 0.788. The summed E-state index contributed by atoms with van der Waals surface area (Å²) in [4.78, 5) is 13.6. The summed E-state index contributed by atoms with van der Waals surface area (Å²) < 4.78 is 5.33. The number of rotatable bonds is 2. The third-order valence-electron chi connectivity index (χ3n) is 2.71. The second-order valence-corrected chi connectivity index (χ2v) is 5.45. The van der Waals surface area contributed by atoms with Gasteiger partial charge in [0.05, 0.1) is 0 Å². The molecule has 16 heavy (non-hydrogen) atoms. The predicted molar refractivity (Wildman–Crippen MR) is 62.2 cm³/mol. The molecule has 1 fully saturated rings. The van der Waals surface area contributed by atoms with Crippen LogP contribution in [0.2, 0.25) is 0 Å². The molecular weight excluding hydrogens is 206 g/mol. The number of ether oxygens (including phenoxy) is 1. The van der Waals surface area contributed by atoms with E-state index < -0.39 is 5.60 Å². The van der Waals surface area contributed by atoms with Crippen molar-refractivity contribution in [2.24, 2.45) is 5.92 Å². The minimum absolute atomic E-state index is 0.201. The Kier molecular flexibility index (Phi) is 4.59. The molecule has 1 amide bonds. The second-order valence-electron chi connectivity index (χ2n) is 5.45. The molecule has 0 spiro atoms. The van der Waals surface area contributed by atoms with E-state index in [0.29, 0.717) is 5.92 Å². The fourth-order valence-electron chi connectivity index (χ4n) is 1.98. The first-order chi connectivity index (χ1) is 7.42. The van der Waals surface area contributed by atoms with Crippen LogP contribution in [-0.4, -0.2) is 41.4 Å². The van der Waals surface area contributed by atoms with E-state index in [1.54, 1.807) is 4.90 Å². The van der Waals surface area contributed by atoms with Crippen LogP contribution >= 0.6 is 0 Å². The summed E-state index contributed by atoms with van der Waals surface area (Å²) in [5, 5.41) is 8.90. The third-order valence-corrected chi connectivity index (χ3v) is 2.71. The van der Waals surface area contributed by atoms with Crippen LogP contribution in [0.5, 0.6) is 0 Å². The van der Waals surface area contributed by atoms with Gasteiger partial charge in [0.15, 0.2) is 0 Å². The Labute approximate surface area is 97.6 Å². The number of piperidine rings is 1.